The summed E-state index contributed by atoms with van der Waals surface area (Å²) >= 11 is 0. The van der Waals surface area contributed by atoms with Gasteiger partial charge >= 0.3 is 5.63 Å². The predicted molar refractivity (Wildman–Crippen MR) is 52.0 cm³/mol. The Labute approximate surface area is 75.0 Å². The van der Waals surface area contributed by atoms with Crippen molar-refractivity contribution in [2.24, 2.45) is 0 Å². The zero-order valence-corrected chi connectivity index (χ0v) is 7.20. The SMILES string of the molecule is CNc1ccc2oc(=O)ccc2c1. The van der Waals surface area contributed by atoms with Crippen molar-refractivity contribution in [3.8, 4) is 0 Å². The molecule has 0 radical (unpaired) electrons. The van der Waals surface area contributed by atoms with Crippen molar-refractivity contribution in [1.82, 2.24) is 0 Å². The molecule has 0 amide bonds. The summed E-state index contributed by atoms with van der Waals surface area (Å²) in [5.74, 6) is 0. The summed E-state index contributed by atoms with van der Waals surface area (Å²) in [4.78, 5) is 10.9. The molecule has 0 saturated heterocycles. The summed E-state index contributed by atoms with van der Waals surface area (Å²) in [5.41, 5.74) is 1.30. The van der Waals surface area contributed by atoms with Gasteiger partial charge in [0, 0.05) is 24.2 Å². The lowest BCUT2D eigenvalue weighted by atomic mass is 10.2. The third-order valence-electron chi connectivity index (χ3n) is 1.91. The van der Waals surface area contributed by atoms with E-state index in [1.165, 1.54) is 6.07 Å². The molecule has 1 N–H and O–H groups in total. The molecule has 0 bridgehead atoms. The summed E-state index contributed by atoms with van der Waals surface area (Å²) in [6, 6.07) is 8.75. The predicted octanol–water partition coefficient (Wildman–Crippen LogP) is 1.83. The highest BCUT2D eigenvalue weighted by Crippen LogP contribution is 2.16. The van der Waals surface area contributed by atoms with Crippen LogP contribution in [0.15, 0.2) is 39.5 Å². The molecule has 0 spiro atoms. The average Bonchev–Trinajstić information content (AvgIpc) is 2.17. The molecule has 0 aliphatic heterocycles. The summed E-state index contributed by atoms with van der Waals surface area (Å²) in [6.07, 6.45) is 0. The van der Waals surface area contributed by atoms with Crippen molar-refractivity contribution in [2.45, 2.75) is 0 Å². The number of hydrogen-bond donors (Lipinski definition) is 1. The van der Waals surface area contributed by atoms with Crippen molar-refractivity contribution in [3.05, 3.63) is 40.8 Å². The Kier molecular flexibility index (Phi) is 1.77. The molecular weight excluding hydrogens is 166 g/mol. The molecule has 0 fully saturated rings. The van der Waals surface area contributed by atoms with Crippen LogP contribution in [-0.2, 0) is 0 Å². The molecule has 2 rings (SSSR count). The van der Waals surface area contributed by atoms with Crippen molar-refractivity contribution in [2.75, 3.05) is 12.4 Å². The lowest BCUT2D eigenvalue weighted by Crippen LogP contribution is -1.94. The molecule has 0 atom stereocenters. The van der Waals surface area contributed by atoms with Crippen LogP contribution in [0.5, 0.6) is 0 Å². The molecule has 1 aromatic heterocycles. The Morgan fingerprint density at radius 1 is 1.23 bits per heavy atom. The van der Waals surface area contributed by atoms with Crippen LogP contribution in [-0.4, -0.2) is 7.05 Å². The average molecular weight is 175 g/mol. The summed E-state index contributed by atoms with van der Waals surface area (Å²) < 4.78 is 4.98. The zero-order chi connectivity index (χ0) is 9.26. The molecule has 0 saturated carbocycles. The van der Waals surface area contributed by atoms with Crippen LogP contribution in [0.2, 0.25) is 0 Å². The summed E-state index contributed by atoms with van der Waals surface area (Å²) in [5, 5.41) is 3.94. The fourth-order valence-corrected chi connectivity index (χ4v) is 1.23. The number of benzene rings is 1. The Morgan fingerprint density at radius 3 is 2.85 bits per heavy atom. The van der Waals surface area contributed by atoms with Gasteiger partial charge in [-0.15, -0.1) is 0 Å². The maximum atomic E-state index is 10.9. The molecule has 0 aliphatic rings. The number of nitrogens with one attached hydrogen (secondary N) is 1. The van der Waals surface area contributed by atoms with E-state index in [0.29, 0.717) is 5.58 Å². The van der Waals surface area contributed by atoms with Gasteiger partial charge in [0.25, 0.3) is 0 Å². The number of fused-ring (bicyclic) bond motifs is 1. The van der Waals surface area contributed by atoms with Crippen LogP contribution >= 0.6 is 0 Å². The Bertz CT molecular complexity index is 487. The van der Waals surface area contributed by atoms with Crippen LogP contribution in [0.25, 0.3) is 11.0 Å². The van der Waals surface area contributed by atoms with E-state index >= 15 is 0 Å². The van der Waals surface area contributed by atoms with E-state index in [0.717, 1.165) is 11.1 Å². The van der Waals surface area contributed by atoms with Gasteiger partial charge in [0.15, 0.2) is 0 Å². The molecular formula is C10H9NO2. The van der Waals surface area contributed by atoms with Gasteiger partial charge in [-0.25, -0.2) is 4.79 Å². The molecule has 66 valence electrons. The van der Waals surface area contributed by atoms with E-state index < -0.39 is 0 Å². The molecule has 0 aliphatic carbocycles. The van der Waals surface area contributed by atoms with Gasteiger partial charge < -0.3 is 9.73 Å². The second-order valence-corrected chi connectivity index (χ2v) is 2.76. The minimum atomic E-state index is -0.315. The van der Waals surface area contributed by atoms with E-state index in [1.54, 1.807) is 12.1 Å². The van der Waals surface area contributed by atoms with Crippen LogP contribution in [0.1, 0.15) is 0 Å². The van der Waals surface area contributed by atoms with Crippen LogP contribution in [0, 0.1) is 0 Å². The number of anilines is 1. The monoisotopic (exact) mass is 175 g/mol. The molecule has 3 nitrogen and oxygen atoms in total. The Morgan fingerprint density at radius 2 is 2.08 bits per heavy atom. The Balaban J connectivity index is 2.73. The van der Waals surface area contributed by atoms with Gasteiger partial charge in [-0.05, 0) is 24.3 Å². The second kappa shape index (κ2) is 2.94. The minimum Gasteiger partial charge on any atom is -0.423 e. The third-order valence-corrected chi connectivity index (χ3v) is 1.91. The highest BCUT2D eigenvalue weighted by molar-refractivity contribution is 5.80. The first-order valence-corrected chi connectivity index (χ1v) is 4.01. The van der Waals surface area contributed by atoms with Gasteiger partial charge in [0.05, 0.1) is 0 Å². The van der Waals surface area contributed by atoms with Crippen LogP contribution < -0.4 is 10.9 Å². The van der Waals surface area contributed by atoms with Crippen molar-refractivity contribution in [1.29, 1.82) is 0 Å². The quantitative estimate of drug-likeness (QED) is 0.672. The maximum Gasteiger partial charge on any atom is 0.336 e. The standard InChI is InChI=1S/C10H9NO2/c1-11-8-3-4-9-7(6-8)2-5-10(12)13-9/h2-6,11H,1H3. The summed E-state index contributed by atoms with van der Waals surface area (Å²) in [7, 11) is 1.85. The van der Waals surface area contributed by atoms with Crippen LogP contribution in [0.3, 0.4) is 0 Å². The molecule has 1 heterocycles. The first-order chi connectivity index (χ1) is 6.29. The Hall–Kier alpha value is -1.77. The smallest absolute Gasteiger partial charge is 0.336 e. The molecule has 1 aromatic carbocycles. The van der Waals surface area contributed by atoms with Crippen molar-refractivity contribution < 1.29 is 4.42 Å². The van der Waals surface area contributed by atoms with Gasteiger partial charge in [-0.2, -0.15) is 0 Å². The van der Waals surface area contributed by atoms with E-state index in [2.05, 4.69) is 5.32 Å². The normalized spacial score (nSPS) is 10.2. The highest BCUT2D eigenvalue weighted by atomic mass is 16.4. The van der Waals surface area contributed by atoms with E-state index in [-0.39, 0.29) is 5.63 Å². The largest absolute Gasteiger partial charge is 0.423 e. The van der Waals surface area contributed by atoms with E-state index in [9.17, 15) is 4.79 Å². The minimum absolute atomic E-state index is 0.315. The van der Waals surface area contributed by atoms with Gasteiger partial charge in [-0.1, -0.05) is 0 Å². The molecule has 3 heteroatoms. The molecule has 2 aromatic rings. The van der Waals surface area contributed by atoms with Crippen molar-refractivity contribution in [3.63, 3.8) is 0 Å². The first kappa shape index (κ1) is 7.86. The fourth-order valence-electron chi connectivity index (χ4n) is 1.23. The highest BCUT2D eigenvalue weighted by Gasteiger charge is 1.96. The number of rotatable bonds is 1. The van der Waals surface area contributed by atoms with E-state index in [1.807, 2.05) is 19.2 Å². The van der Waals surface area contributed by atoms with Gasteiger partial charge in [0.2, 0.25) is 0 Å². The first-order valence-electron chi connectivity index (χ1n) is 4.01. The topological polar surface area (TPSA) is 42.2 Å². The van der Waals surface area contributed by atoms with Crippen LogP contribution in [0.4, 0.5) is 5.69 Å². The van der Waals surface area contributed by atoms with Crippen molar-refractivity contribution >= 4 is 16.7 Å². The molecule has 13 heavy (non-hydrogen) atoms. The summed E-state index contributed by atoms with van der Waals surface area (Å²) in [6.45, 7) is 0. The zero-order valence-electron chi connectivity index (χ0n) is 7.20. The lowest BCUT2D eigenvalue weighted by Gasteiger charge is -2.00. The second-order valence-electron chi connectivity index (χ2n) is 2.76. The van der Waals surface area contributed by atoms with Gasteiger partial charge in [0.1, 0.15) is 5.58 Å². The molecule has 0 unspecified atom stereocenters. The fraction of sp³-hybridized carbons (Fsp3) is 0.100. The lowest BCUT2D eigenvalue weighted by molar-refractivity contribution is 0.561. The van der Waals surface area contributed by atoms with Gasteiger partial charge in [-0.3, -0.25) is 0 Å². The maximum absolute atomic E-state index is 10.9. The van der Waals surface area contributed by atoms with E-state index in [4.69, 9.17) is 4.42 Å². The third kappa shape index (κ3) is 1.40. The number of hydrogen-bond acceptors (Lipinski definition) is 3.